The maximum Gasteiger partial charge on any atom is 0.329 e. The highest BCUT2D eigenvalue weighted by Crippen LogP contribution is 2.21. The molecule has 5 nitrogen and oxygen atoms in total. The SMILES string of the molecule is CC(=NNC(=O)C(=O)Nc1ccccc1F)c1ccc(Cl)s1. The van der Waals surface area contributed by atoms with Gasteiger partial charge in [0, 0.05) is 0 Å². The second kappa shape index (κ2) is 7.15. The van der Waals surface area contributed by atoms with Gasteiger partial charge in [-0.05, 0) is 31.2 Å². The molecule has 0 fully saturated rings. The lowest BCUT2D eigenvalue weighted by Gasteiger charge is -2.05. The molecule has 0 spiro atoms. The van der Waals surface area contributed by atoms with Gasteiger partial charge >= 0.3 is 11.8 Å². The summed E-state index contributed by atoms with van der Waals surface area (Å²) < 4.78 is 14.0. The minimum Gasteiger partial charge on any atom is -0.315 e. The number of para-hydroxylation sites is 1. The fourth-order valence-corrected chi connectivity index (χ4v) is 2.48. The molecule has 0 radical (unpaired) electrons. The zero-order valence-corrected chi connectivity index (χ0v) is 13.0. The number of halogens is 2. The van der Waals surface area contributed by atoms with E-state index in [-0.39, 0.29) is 5.69 Å². The third kappa shape index (κ3) is 4.12. The highest BCUT2D eigenvalue weighted by atomic mass is 35.5. The summed E-state index contributed by atoms with van der Waals surface area (Å²) >= 11 is 7.09. The number of hydrazone groups is 1. The van der Waals surface area contributed by atoms with Gasteiger partial charge in [-0.25, -0.2) is 9.82 Å². The predicted octanol–water partition coefficient (Wildman–Crippen LogP) is 3.02. The van der Waals surface area contributed by atoms with Crippen LogP contribution in [0.1, 0.15) is 11.8 Å². The van der Waals surface area contributed by atoms with E-state index in [0.29, 0.717) is 10.0 Å². The van der Waals surface area contributed by atoms with E-state index in [2.05, 4.69) is 15.8 Å². The fraction of sp³-hybridized carbons (Fsp3) is 0.0714. The summed E-state index contributed by atoms with van der Waals surface area (Å²) in [6.45, 7) is 1.66. The van der Waals surface area contributed by atoms with E-state index in [0.717, 1.165) is 4.88 Å². The summed E-state index contributed by atoms with van der Waals surface area (Å²) in [4.78, 5) is 24.0. The molecule has 0 aliphatic rings. The van der Waals surface area contributed by atoms with E-state index in [1.165, 1.54) is 29.5 Å². The summed E-state index contributed by atoms with van der Waals surface area (Å²) in [5, 5.41) is 5.97. The molecular formula is C14H11ClFN3O2S. The van der Waals surface area contributed by atoms with Crippen molar-refractivity contribution in [1.82, 2.24) is 5.43 Å². The van der Waals surface area contributed by atoms with Crippen LogP contribution in [-0.2, 0) is 9.59 Å². The third-order valence-corrected chi connectivity index (χ3v) is 3.92. The van der Waals surface area contributed by atoms with E-state index >= 15 is 0 Å². The predicted molar refractivity (Wildman–Crippen MR) is 84.7 cm³/mol. The first kappa shape index (κ1) is 16.1. The number of nitrogens with zero attached hydrogens (tertiary/aromatic N) is 1. The van der Waals surface area contributed by atoms with Crippen LogP contribution in [-0.4, -0.2) is 17.5 Å². The second-order valence-electron chi connectivity index (χ2n) is 4.18. The normalized spacial score (nSPS) is 11.1. The molecule has 0 saturated heterocycles. The van der Waals surface area contributed by atoms with Crippen LogP contribution in [0.15, 0.2) is 41.5 Å². The van der Waals surface area contributed by atoms with Crippen LogP contribution in [0.5, 0.6) is 0 Å². The molecule has 114 valence electrons. The van der Waals surface area contributed by atoms with Crippen LogP contribution in [0.25, 0.3) is 0 Å². The van der Waals surface area contributed by atoms with Crippen molar-refractivity contribution >= 4 is 46.2 Å². The summed E-state index contributed by atoms with van der Waals surface area (Å²) in [6.07, 6.45) is 0. The van der Waals surface area contributed by atoms with Crippen molar-refractivity contribution in [3.8, 4) is 0 Å². The van der Waals surface area contributed by atoms with Gasteiger partial charge in [-0.15, -0.1) is 11.3 Å². The van der Waals surface area contributed by atoms with Crippen molar-refractivity contribution in [2.45, 2.75) is 6.92 Å². The molecule has 0 aliphatic heterocycles. The van der Waals surface area contributed by atoms with Crippen molar-refractivity contribution in [2.24, 2.45) is 5.10 Å². The van der Waals surface area contributed by atoms with Crippen LogP contribution in [0.2, 0.25) is 4.34 Å². The molecule has 0 saturated carbocycles. The Morgan fingerprint density at radius 1 is 1.18 bits per heavy atom. The monoisotopic (exact) mass is 339 g/mol. The minimum atomic E-state index is -1.01. The van der Waals surface area contributed by atoms with Gasteiger partial charge in [0.15, 0.2) is 0 Å². The second-order valence-corrected chi connectivity index (χ2v) is 5.89. The molecule has 2 rings (SSSR count). The number of benzene rings is 1. The molecule has 0 aliphatic carbocycles. The Morgan fingerprint density at radius 2 is 1.91 bits per heavy atom. The number of hydrogen-bond donors (Lipinski definition) is 2. The Bertz CT molecular complexity index is 745. The average molecular weight is 340 g/mol. The van der Waals surface area contributed by atoms with Crippen LogP contribution in [0.3, 0.4) is 0 Å². The van der Waals surface area contributed by atoms with Crippen LogP contribution >= 0.6 is 22.9 Å². The molecule has 2 aromatic rings. The molecule has 0 atom stereocenters. The molecule has 2 amide bonds. The van der Waals surface area contributed by atoms with E-state index < -0.39 is 17.6 Å². The van der Waals surface area contributed by atoms with Crippen molar-refractivity contribution in [3.63, 3.8) is 0 Å². The Hall–Kier alpha value is -2.25. The highest BCUT2D eigenvalue weighted by molar-refractivity contribution is 7.18. The number of nitrogens with one attached hydrogen (secondary N) is 2. The molecule has 1 aromatic carbocycles. The van der Waals surface area contributed by atoms with E-state index in [1.54, 1.807) is 25.1 Å². The molecular weight excluding hydrogens is 329 g/mol. The molecule has 22 heavy (non-hydrogen) atoms. The topological polar surface area (TPSA) is 70.6 Å². The van der Waals surface area contributed by atoms with E-state index in [9.17, 15) is 14.0 Å². The number of carbonyl (C=O) groups excluding carboxylic acids is 2. The highest BCUT2D eigenvalue weighted by Gasteiger charge is 2.15. The zero-order chi connectivity index (χ0) is 16.1. The summed E-state index contributed by atoms with van der Waals surface area (Å²) in [6, 6.07) is 8.99. The molecule has 1 aromatic heterocycles. The van der Waals surface area contributed by atoms with E-state index in [1.807, 2.05) is 0 Å². The van der Waals surface area contributed by atoms with Crippen LogP contribution < -0.4 is 10.7 Å². The first-order chi connectivity index (χ1) is 10.5. The number of amides is 2. The van der Waals surface area contributed by atoms with Gasteiger partial charge < -0.3 is 5.32 Å². The number of carbonyl (C=O) groups is 2. The van der Waals surface area contributed by atoms with Crippen molar-refractivity contribution < 1.29 is 14.0 Å². The zero-order valence-electron chi connectivity index (χ0n) is 11.4. The Morgan fingerprint density at radius 3 is 2.55 bits per heavy atom. The number of rotatable bonds is 3. The van der Waals surface area contributed by atoms with Crippen molar-refractivity contribution in [2.75, 3.05) is 5.32 Å². The number of hydrogen-bond acceptors (Lipinski definition) is 4. The van der Waals surface area contributed by atoms with Crippen LogP contribution in [0.4, 0.5) is 10.1 Å². The van der Waals surface area contributed by atoms with Gasteiger partial charge in [0.25, 0.3) is 0 Å². The standard InChI is InChI=1S/C14H11ClFN3O2S/c1-8(11-6-7-12(15)22-11)18-19-14(21)13(20)17-10-5-3-2-4-9(10)16/h2-7H,1H3,(H,17,20)(H,19,21). The lowest BCUT2D eigenvalue weighted by molar-refractivity contribution is -0.136. The van der Waals surface area contributed by atoms with E-state index in [4.69, 9.17) is 11.6 Å². The van der Waals surface area contributed by atoms with Gasteiger partial charge in [-0.1, -0.05) is 23.7 Å². The summed E-state index contributed by atoms with van der Waals surface area (Å²) in [5.74, 6) is -2.63. The molecule has 8 heteroatoms. The quantitative estimate of drug-likeness (QED) is 0.512. The Balaban J connectivity index is 1.97. The van der Waals surface area contributed by atoms with Crippen molar-refractivity contribution in [1.29, 1.82) is 0 Å². The molecule has 1 heterocycles. The van der Waals surface area contributed by atoms with Gasteiger partial charge in [0.1, 0.15) is 5.82 Å². The minimum absolute atomic E-state index is 0.0756. The Labute approximate surface area is 134 Å². The first-order valence-electron chi connectivity index (χ1n) is 6.13. The third-order valence-electron chi connectivity index (χ3n) is 2.58. The van der Waals surface area contributed by atoms with Gasteiger partial charge in [-0.3, -0.25) is 9.59 Å². The maximum absolute atomic E-state index is 13.4. The summed E-state index contributed by atoms with van der Waals surface area (Å²) in [5.41, 5.74) is 2.54. The van der Waals surface area contributed by atoms with Crippen molar-refractivity contribution in [3.05, 3.63) is 51.4 Å². The summed E-state index contributed by atoms with van der Waals surface area (Å²) in [7, 11) is 0. The number of anilines is 1. The van der Waals surface area contributed by atoms with Gasteiger partial charge in [-0.2, -0.15) is 5.10 Å². The largest absolute Gasteiger partial charge is 0.329 e. The smallest absolute Gasteiger partial charge is 0.315 e. The molecule has 2 N–H and O–H groups in total. The molecule has 0 unspecified atom stereocenters. The Kier molecular flexibility index (Phi) is 5.24. The molecule has 0 bridgehead atoms. The lowest BCUT2D eigenvalue weighted by atomic mass is 10.3. The number of thiophene rings is 1. The fourth-order valence-electron chi connectivity index (χ4n) is 1.49. The van der Waals surface area contributed by atoms with Gasteiger partial charge in [0.2, 0.25) is 0 Å². The first-order valence-corrected chi connectivity index (χ1v) is 7.32. The maximum atomic E-state index is 13.4. The lowest BCUT2D eigenvalue weighted by Crippen LogP contribution is -2.33. The average Bonchev–Trinajstić information content (AvgIpc) is 2.93. The van der Waals surface area contributed by atoms with Gasteiger partial charge in [0.05, 0.1) is 20.6 Å². The van der Waals surface area contributed by atoms with Crippen LogP contribution in [0, 0.1) is 5.82 Å².